The van der Waals surface area contributed by atoms with Crippen molar-refractivity contribution in [3.8, 4) is 0 Å². The van der Waals surface area contributed by atoms with Crippen molar-refractivity contribution in [1.29, 1.82) is 0 Å². The molecule has 2 aromatic rings. The minimum absolute atomic E-state index is 0.199. The molecule has 0 aromatic heterocycles. The summed E-state index contributed by atoms with van der Waals surface area (Å²) in [5, 5.41) is 2.73. The number of amides is 4. The van der Waals surface area contributed by atoms with Crippen LogP contribution in [0, 0.1) is 5.82 Å². The Bertz CT molecular complexity index is 990. The molecule has 7 heteroatoms. The first kappa shape index (κ1) is 22.5. The first-order valence-electron chi connectivity index (χ1n) is 10.4. The summed E-state index contributed by atoms with van der Waals surface area (Å²) in [6.45, 7) is 7.80. The topological polar surface area (TPSA) is 69.7 Å². The van der Waals surface area contributed by atoms with Gasteiger partial charge in [-0.1, -0.05) is 50.2 Å². The molecule has 164 valence electrons. The predicted molar refractivity (Wildman–Crippen MR) is 116 cm³/mol. The molecule has 2 aromatic carbocycles. The number of rotatable bonds is 7. The van der Waals surface area contributed by atoms with Gasteiger partial charge in [-0.05, 0) is 48.6 Å². The van der Waals surface area contributed by atoms with Crippen LogP contribution in [0.25, 0.3) is 0 Å². The minimum Gasteiger partial charge on any atom is -0.337 e. The molecular formula is C24H28FN3O3. The number of nitrogens with zero attached hydrogens (tertiary/aromatic N) is 2. The van der Waals surface area contributed by atoms with Crippen molar-refractivity contribution >= 4 is 17.8 Å². The third-order valence-electron chi connectivity index (χ3n) is 5.72. The number of imide groups is 1. The SMILES string of the molecule is CCN(Cc1cccc(F)c1)C(=O)CN1C(=O)NC(C)(c2ccc(C(C)C)cc2)C1=O. The molecule has 1 aliphatic heterocycles. The van der Waals surface area contributed by atoms with Gasteiger partial charge in [0.25, 0.3) is 5.91 Å². The lowest BCUT2D eigenvalue weighted by Crippen LogP contribution is -2.44. The molecule has 0 bridgehead atoms. The molecule has 0 radical (unpaired) electrons. The number of benzene rings is 2. The van der Waals surface area contributed by atoms with Gasteiger partial charge in [-0.2, -0.15) is 0 Å². The van der Waals surface area contributed by atoms with E-state index in [1.165, 1.54) is 17.0 Å². The van der Waals surface area contributed by atoms with Crippen molar-refractivity contribution in [1.82, 2.24) is 15.1 Å². The van der Waals surface area contributed by atoms with E-state index < -0.39 is 17.5 Å². The summed E-state index contributed by atoms with van der Waals surface area (Å²) in [6, 6.07) is 13.0. The van der Waals surface area contributed by atoms with E-state index in [0.717, 1.165) is 10.5 Å². The van der Waals surface area contributed by atoms with Crippen LogP contribution in [0.1, 0.15) is 50.3 Å². The maximum absolute atomic E-state index is 13.5. The molecular weight excluding hydrogens is 397 g/mol. The molecule has 0 saturated carbocycles. The molecule has 4 amide bonds. The first-order chi connectivity index (χ1) is 14.7. The Balaban J connectivity index is 1.74. The van der Waals surface area contributed by atoms with Gasteiger partial charge in [0.15, 0.2) is 0 Å². The predicted octanol–water partition coefficient (Wildman–Crippen LogP) is 3.76. The van der Waals surface area contributed by atoms with Crippen LogP contribution in [0.5, 0.6) is 0 Å². The van der Waals surface area contributed by atoms with Crippen molar-refractivity contribution in [3.05, 3.63) is 71.0 Å². The smallest absolute Gasteiger partial charge is 0.325 e. The largest absolute Gasteiger partial charge is 0.337 e. The molecule has 1 heterocycles. The van der Waals surface area contributed by atoms with Crippen LogP contribution in [-0.4, -0.2) is 40.7 Å². The second-order valence-electron chi connectivity index (χ2n) is 8.26. The molecule has 1 fully saturated rings. The summed E-state index contributed by atoms with van der Waals surface area (Å²) in [5.41, 5.74) is 1.21. The highest BCUT2D eigenvalue weighted by Gasteiger charge is 2.49. The van der Waals surface area contributed by atoms with E-state index in [4.69, 9.17) is 0 Å². The summed E-state index contributed by atoms with van der Waals surface area (Å²) in [6.07, 6.45) is 0. The number of nitrogens with one attached hydrogen (secondary N) is 1. The van der Waals surface area contributed by atoms with Gasteiger partial charge >= 0.3 is 6.03 Å². The standard InChI is InChI=1S/C24H28FN3O3/c1-5-27(14-17-7-6-8-20(25)13-17)21(29)15-28-22(30)24(4,26-23(28)31)19-11-9-18(10-12-19)16(2)3/h6-13,16H,5,14-15H2,1-4H3,(H,26,31). The average molecular weight is 426 g/mol. The van der Waals surface area contributed by atoms with Gasteiger partial charge in [0.2, 0.25) is 5.91 Å². The maximum Gasteiger partial charge on any atom is 0.325 e. The zero-order chi connectivity index (χ0) is 22.8. The molecule has 1 aliphatic rings. The highest BCUT2D eigenvalue weighted by molar-refractivity contribution is 6.09. The Morgan fingerprint density at radius 3 is 2.42 bits per heavy atom. The van der Waals surface area contributed by atoms with E-state index >= 15 is 0 Å². The van der Waals surface area contributed by atoms with E-state index in [9.17, 15) is 18.8 Å². The van der Waals surface area contributed by atoms with Gasteiger partial charge < -0.3 is 10.2 Å². The van der Waals surface area contributed by atoms with Crippen LogP contribution < -0.4 is 5.32 Å². The van der Waals surface area contributed by atoms with Gasteiger partial charge in [-0.15, -0.1) is 0 Å². The molecule has 1 unspecified atom stereocenters. The van der Waals surface area contributed by atoms with Gasteiger partial charge in [-0.3, -0.25) is 14.5 Å². The number of carbonyl (C=O) groups is 3. The molecule has 1 saturated heterocycles. The minimum atomic E-state index is -1.23. The van der Waals surface area contributed by atoms with Gasteiger partial charge in [0.1, 0.15) is 17.9 Å². The van der Waals surface area contributed by atoms with Gasteiger partial charge in [0, 0.05) is 13.1 Å². The van der Waals surface area contributed by atoms with E-state index in [0.29, 0.717) is 23.6 Å². The first-order valence-corrected chi connectivity index (χ1v) is 10.4. The Morgan fingerprint density at radius 2 is 1.84 bits per heavy atom. The van der Waals surface area contributed by atoms with Crippen LogP contribution in [-0.2, 0) is 21.7 Å². The summed E-state index contributed by atoms with van der Waals surface area (Å²) in [4.78, 5) is 41.0. The highest BCUT2D eigenvalue weighted by atomic mass is 19.1. The number of hydrogen-bond acceptors (Lipinski definition) is 3. The molecule has 1 N–H and O–H groups in total. The molecule has 0 aliphatic carbocycles. The summed E-state index contributed by atoms with van der Waals surface area (Å²) in [7, 11) is 0. The van der Waals surface area contributed by atoms with Crippen molar-refractivity contribution < 1.29 is 18.8 Å². The lowest BCUT2D eigenvalue weighted by molar-refractivity contribution is -0.139. The molecule has 1 atom stereocenters. The van der Waals surface area contributed by atoms with Gasteiger partial charge in [0.05, 0.1) is 0 Å². The second kappa shape index (κ2) is 8.88. The highest BCUT2D eigenvalue weighted by Crippen LogP contribution is 2.30. The number of carbonyl (C=O) groups excluding carboxylic acids is 3. The zero-order valence-electron chi connectivity index (χ0n) is 18.3. The Hall–Kier alpha value is -3.22. The van der Waals surface area contributed by atoms with Crippen LogP contribution in [0.15, 0.2) is 48.5 Å². The fourth-order valence-corrected chi connectivity index (χ4v) is 3.70. The maximum atomic E-state index is 13.5. The van der Waals surface area contributed by atoms with Crippen molar-refractivity contribution in [2.75, 3.05) is 13.1 Å². The summed E-state index contributed by atoms with van der Waals surface area (Å²) in [5.74, 6) is -0.878. The Morgan fingerprint density at radius 1 is 1.16 bits per heavy atom. The number of likely N-dealkylation sites (N-methyl/N-ethyl adjacent to an activating group) is 1. The number of hydrogen-bond donors (Lipinski definition) is 1. The zero-order valence-corrected chi connectivity index (χ0v) is 18.3. The van der Waals surface area contributed by atoms with Gasteiger partial charge in [-0.25, -0.2) is 9.18 Å². The molecule has 3 rings (SSSR count). The molecule has 0 spiro atoms. The Kier molecular flexibility index (Phi) is 6.43. The third kappa shape index (κ3) is 4.60. The monoisotopic (exact) mass is 425 g/mol. The lowest BCUT2D eigenvalue weighted by Gasteiger charge is -2.25. The van der Waals surface area contributed by atoms with Crippen LogP contribution in [0.4, 0.5) is 9.18 Å². The lowest BCUT2D eigenvalue weighted by atomic mass is 9.90. The fourth-order valence-electron chi connectivity index (χ4n) is 3.70. The molecule has 6 nitrogen and oxygen atoms in total. The number of halogens is 1. The van der Waals surface area contributed by atoms with Crippen molar-refractivity contribution in [3.63, 3.8) is 0 Å². The normalized spacial score (nSPS) is 18.5. The van der Waals surface area contributed by atoms with Crippen LogP contribution in [0.3, 0.4) is 0 Å². The van der Waals surface area contributed by atoms with E-state index in [2.05, 4.69) is 19.2 Å². The fraction of sp³-hybridized carbons (Fsp3) is 0.375. The summed E-state index contributed by atoms with van der Waals surface area (Å²) < 4.78 is 13.5. The average Bonchev–Trinajstić information content (AvgIpc) is 2.96. The van der Waals surface area contributed by atoms with E-state index in [1.54, 1.807) is 26.0 Å². The van der Waals surface area contributed by atoms with E-state index in [-0.39, 0.29) is 24.8 Å². The van der Waals surface area contributed by atoms with Crippen molar-refractivity contribution in [2.45, 2.75) is 45.7 Å². The second-order valence-corrected chi connectivity index (χ2v) is 8.26. The van der Waals surface area contributed by atoms with Crippen molar-refractivity contribution in [2.24, 2.45) is 0 Å². The number of urea groups is 1. The Labute approximate surface area is 182 Å². The summed E-state index contributed by atoms with van der Waals surface area (Å²) >= 11 is 0. The quantitative estimate of drug-likeness (QED) is 0.687. The van der Waals surface area contributed by atoms with Crippen LogP contribution >= 0.6 is 0 Å². The third-order valence-corrected chi connectivity index (χ3v) is 5.72. The van der Waals surface area contributed by atoms with Crippen LogP contribution in [0.2, 0.25) is 0 Å². The molecule has 31 heavy (non-hydrogen) atoms. The van der Waals surface area contributed by atoms with E-state index in [1.807, 2.05) is 24.3 Å².